The third-order valence-electron chi connectivity index (χ3n) is 4.79. The van der Waals surface area contributed by atoms with Crippen LogP contribution in [0.15, 0.2) is 24.3 Å². The fraction of sp³-hybridized carbons (Fsp3) is 0.667. The van der Waals surface area contributed by atoms with Gasteiger partial charge >= 0.3 is 0 Å². The van der Waals surface area contributed by atoms with E-state index in [0.29, 0.717) is 6.04 Å². The first-order valence-electron chi connectivity index (χ1n) is 7.95. The van der Waals surface area contributed by atoms with Gasteiger partial charge in [-0.1, -0.05) is 58.4 Å². The van der Waals surface area contributed by atoms with E-state index < -0.39 is 0 Å². The Hall–Kier alpha value is -0.860. The first-order chi connectivity index (χ1) is 9.40. The van der Waals surface area contributed by atoms with Crippen molar-refractivity contribution in [1.82, 2.24) is 5.43 Å². The molecule has 0 saturated heterocycles. The Morgan fingerprint density at radius 1 is 1.20 bits per heavy atom. The average molecular weight is 274 g/mol. The molecule has 1 aliphatic carbocycles. The highest BCUT2D eigenvalue weighted by Crippen LogP contribution is 2.33. The largest absolute Gasteiger partial charge is 0.271 e. The maximum atomic E-state index is 5.80. The van der Waals surface area contributed by atoms with Crippen molar-refractivity contribution in [2.75, 3.05) is 0 Å². The molecule has 1 fully saturated rings. The number of hydrogen-bond acceptors (Lipinski definition) is 2. The lowest BCUT2D eigenvalue weighted by Gasteiger charge is -2.24. The highest BCUT2D eigenvalue weighted by molar-refractivity contribution is 5.28. The summed E-state index contributed by atoms with van der Waals surface area (Å²) < 4.78 is 0. The highest BCUT2D eigenvalue weighted by Gasteiger charge is 2.28. The maximum absolute atomic E-state index is 5.80. The number of nitrogens with one attached hydrogen (secondary N) is 1. The van der Waals surface area contributed by atoms with Gasteiger partial charge < -0.3 is 0 Å². The van der Waals surface area contributed by atoms with Crippen LogP contribution in [0, 0.1) is 11.8 Å². The normalized spacial score (nSPS) is 24.9. The van der Waals surface area contributed by atoms with Crippen molar-refractivity contribution in [1.29, 1.82) is 0 Å². The second-order valence-electron chi connectivity index (χ2n) is 7.60. The zero-order valence-electron chi connectivity index (χ0n) is 13.4. The van der Waals surface area contributed by atoms with Gasteiger partial charge in [-0.15, -0.1) is 0 Å². The molecule has 1 aromatic rings. The third-order valence-corrected chi connectivity index (χ3v) is 4.79. The fourth-order valence-electron chi connectivity index (χ4n) is 3.37. The van der Waals surface area contributed by atoms with Crippen LogP contribution >= 0.6 is 0 Å². The van der Waals surface area contributed by atoms with Crippen LogP contribution in [0.4, 0.5) is 0 Å². The van der Waals surface area contributed by atoms with Crippen LogP contribution < -0.4 is 11.3 Å². The molecule has 0 spiro atoms. The lowest BCUT2D eigenvalue weighted by molar-refractivity contribution is 0.353. The molecule has 0 heterocycles. The van der Waals surface area contributed by atoms with Gasteiger partial charge in [0.25, 0.3) is 0 Å². The predicted octanol–water partition coefficient (Wildman–Crippen LogP) is 3.79. The van der Waals surface area contributed by atoms with Crippen molar-refractivity contribution in [2.24, 2.45) is 17.7 Å². The van der Waals surface area contributed by atoms with E-state index in [1.54, 1.807) is 0 Å². The van der Waals surface area contributed by atoms with Gasteiger partial charge in [-0.25, -0.2) is 0 Å². The van der Waals surface area contributed by atoms with Crippen molar-refractivity contribution >= 4 is 0 Å². The first kappa shape index (κ1) is 15.5. The summed E-state index contributed by atoms with van der Waals surface area (Å²) in [7, 11) is 0. The van der Waals surface area contributed by atoms with Crippen molar-refractivity contribution in [3.63, 3.8) is 0 Å². The minimum absolute atomic E-state index is 0.227. The molecule has 1 aliphatic rings. The highest BCUT2D eigenvalue weighted by atomic mass is 15.2. The van der Waals surface area contributed by atoms with Crippen LogP contribution in [0.25, 0.3) is 0 Å². The SMILES string of the molecule is CC1CCC(C(Cc2ccc(C(C)(C)C)cc2)NN)C1. The molecule has 1 saturated carbocycles. The molecule has 3 unspecified atom stereocenters. The molecule has 112 valence electrons. The molecule has 0 bridgehead atoms. The van der Waals surface area contributed by atoms with Crippen molar-refractivity contribution < 1.29 is 0 Å². The van der Waals surface area contributed by atoms with Crippen molar-refractivity contribution in [2.45, 2.75) is 64.8 Å². The van der Waals surface area contributed by atoms with E-state index in [-0.39, 0.29) is 5.41 Å². The number of hydrazine groups is 1. The van der Waals surface area contributed by atoms with Gasteiger partial charge in [0.05, 0.1) is 0 Å². The van der Waals surface area contributed by atoms with E-state index in [1.165, 1.54) is 30.4 Å². The molecule has 1 aromatic carbocycles. The smallest absolute Gasteiger partial charge is 0.0279 e. The molecule has 3 N–H and O–H groups in total. The first-order valence-corrected chi connectivity index (χ1v) is 7.95. The van der Waals surface area contributed by atoms with Gasteiger partial charge in [0, 0.05) is 6.04 Å². The van der Waals surface area contributed by atoms with Gasteiger partial charge in [-0.05, 0) is 47.6 Å². The van der Waals surface area contributed by atoms with Crippen molar-refractivity contribution in [3.05, 3.63) is 35.4 Å². The van der Waals surface area contributed by atoms with Gasteiger partial charge in [-0.3, -0.25) is 11.3 Å². The Bertz CT molecular complexity index is 416. The van der Waals surface area contributed by atoms with E-state index in [9.17, 15) is 0 Å². The molecule has 2 heteroatoms. The zero-order valence-corrected chi connectivity index (χ0v) is 13.4. The molecule has 0 aromatic heterocycles. The van der Waals surface area contributed by atoms with Gasteiger partial charge in [0.2, 0.25) is 0 Å². The lowest BCUT2D eigenvalue weighted by atomic mass is 9.85. The molecular formula is C18H30N2. The van der Waals surface area contributed by atoms with Crippen LogP contribution in [-0.2, 0) is 11.8 Å². The monoisotopic (exact) mass is 274 g/mol. The van der Waals surface area contributed by atoms with Crippen molar-refractivity contribution in [3.8, 4) is 0 Å². The number of benzene rings is 1. The summed E-state index contributed by atoms with van der Waals surface area (Å²) in [5.41, 5.74) is 6.07. The van der Waals surface area contributed by atoms with Crippen LogP contribution in [0.1, 0.15) is 58.1 Å². The summed E-state index contributed by atoms with van der Waals surface area (Å²) in [5, 5.41) is 0. The van der Waals surface area contributed by atoms with Crippen LogP contribution in [-0.4, -0.2) is 6.04 Å². The van der Waals surface area contributed by atoms with E-state index in [4.69, 9.17) is 5.84 Å². The van der Waals surface area contributed by atoms with E-state index in [1.807, 2.05) is 0 Å². The number of hydrogen-bond donors (Lipinski definition) is 2. The quantitative estimate of drug-likeness (QED) is 0.647. The van der Waals surface area contributed by atoms with Gasteiger partial charge in [0.1, 0.15) is 0 Å². The minimum atomic E-state index is 0.227. The molecule has 2 nitrogen and oxygen atoms in total. The average Bonchev–Trinajstić information content (AvgIpc) is 2.82. The summed E-state index contributed by atoms with van der Waals surface area (Å²) in [6.07, 6.45) is 5.02. The van der Waals surface area contributed by atoms with E-state index >= 15 is 0 Å². The second kappa shape index (κ2) is 6.28. The Labute approximate surface area is 124 Å². The topological polar surface area (TPSA) is 38.0 Å². The van der Waals surface area contributed by atoms with Crippen LogP contribution in [0.5, 0.6) is 0 Å². The molecule has 20 heavy (non-hydrogen) atoms. The predicted molar refractivity (Wildman–Crippen MR) is 86.5 cm³/mol. The Morgan fingerprint density at radius 2 is 1.85 bits per heavy atom. The lowest BCUT2D eigenvalue weighted by Crippen LogP contribution is -2.41. The summed E-state index contributed by atoms with van der Waals surface area (Å²) in [4.78, 5) is 0. The van der Waals surface area contributed by atoms with Gasteiger partial charge in [-0.2, -0.15) is 0 Å². The molecule has 0 amide bonds. The van der Waals surface area contributed by atoms with E-state index in [0.717, 1.165) is 18.3 Å². The maximum Gasteiger partial charge on any atom is 0.0279 e. The molecular weight excluding hydrogens is 244 g/mol. The third kappa shape index (κ3) is 3.83. The van der Waals surface area contributed by atoms with Crippen LogP contribution in [0.2, 0.25) is 0 Å². The number of rotatable bonds is 4. The summed E-state index contributed by atoms with van der Waals surface area (Å²) >= 11 is 0. The molecule has 0 aliphatic heterocycles. The Morgan fingerprint density at radius 3 is 2.30 bits per heavy atom. The summed E-state index contributed by atoms with van der Waals surface area (Å²) in [6.45, 7) is 9.12. The molecule has 3 atom stereocenters. The Balaban J connectivity index is 2.01. The van der Waals surface area contributed by atoms with Crippen LogP contribution in [0.3, 0.4) is 0 Å². The zero-order chi connectivity index (χ0) is 14.8. The minimum Gasteiger partial charge on any atom is -0.271 e. The summed E-state index contributed by atoms with van der Waals surface area (Å²) in [5.74, 6) is 7.39. The number of nitrogens with two attached hydrogens (primary N) is 1. The molecule has 0 radical (unpaired) electrons. The second-order valence-corrected chi connectivity index (χ2v) is 7.60. The summed E-state index contributed by atoms with van der Waals surface area (Å²) in [6, 6.07) is 9.48. The van der Waals surface area contributed by atoms with E-state index in [2.05, 4.69) is 57.4 Å². The van der Waals surface area contributed by atoms with Gasteiger partial charge in [0.15, 0.2) is 0 Å². The standard InChI is InChI=1S/C18H30N2/c1-13-5-8-15(11-13)17(20-19)12-14-6-9-16(10-7-14)18(2,3)4/h6-7,9-10,13,15,17,20H,5,8,11-12,19H2,1-4H3. The fourth-order valence-corrected chi connectivity index (χ4v) is 3.37. The molecule has 2 rings (SSSR count). The Kier molecular flexibility index (Phi) is 4.87.